The van der Waals surface area contributed by atoms with Gasteiger partial charge in [-0.1, -0.05) is 12.1 Å². The van der Waals surface area contributed by atoms with E-state index in [0.717, 1.165) is 16.7 Å². The van der Waals surface area contributed by atoms with E-state index in [1.807, 2.05) is 24.3 Å². The first-order valence-electron chi connectivity index (χ1n) is 8.16. The van der Waals surface area contributed by atoms with Gasteiger partial charge in [-0.05, 0) is 42.8 Å². The van der Waals surface area contributed by atoms with Crippen LogP contribution in [0.2, 0.25) is 0 Å². The monoisotopic (exact) mass is 353 g/mol. The molecule has 1 amide bonds. The van der Waals surface area contributed by atoms with E-state index in [1.165, 1.54) is 6.07 Å². The third-order valence-electron chi connectivity index (χ3n) is 3.90. The number of nitrogens with one attached hydrogen (secondary N) is 1. The van der Waals surface area contributed by atoms with Crippen molar-refractivity contribution in [1.82, 2.24) is 5.32 Å². The second-order valence-electron chi connectivity index (χ2n) is 5.78. The molecule has 3 rings (SSSR count). The Labute approximate surface area is 150 Å². The van der Waals surface area contributed by atoms with Gasteiger partial charge >= 0.3 is 5.63 Å². The first kappa shape index (κ1) is 17.5. The molecule has 0 bridgehead atoms. The van der Waals surface area contributed by atoms with Crippen molar-refractivity contribution in [3.63, 3.8) is 0 Å². The lowest BCUT2D eigenvalue weighted by atomic mass is 10.2. The Morgan fingerprint density at radius 3 is 2.50 bits per heavy atom. The standard InChI is InChI=1S/C20H19NO5/c1-13(20(23)21-12-14-3-7-16(24-2)8-4-14)25-17-9-5-15-6-10-19(22)26-18(15)11-17/h3-11,13H,12H2,1-2H3,(H,21,23)/t13-/m1/s1. The average molecular weight is 353 g/mol. The normalized spacial score (nSPS) is 11.8. The van der Waals surface area contributed by atoms with Gasteiger partial charge in [-0.25, -0.2) is 4.79 Å². The first-order valence-corrected chi connectivity index (χ1v) is 8.16. The summed E-state index contributed by atoms with van der Waals surface area (Å²) < 4.78 is 15.9. The van der Waals surface area contributed by atoms with E-state index < -0.39 is 11.7 Å². The van der Waals surface area contributed by atoms with Crippen LogP contribution in [0.15, 0.2) is 63.8 Å². The highest BCUT2D eigenvalue weighted by Gasteiger charge is 2.15. The van der Waals surface area contributed by atoms with Crippen LogP contribution in [0.5, 0.6) is 11.5 Å². The Morgan fingerprint density at radius 1 is 1.08 bits per heavy atom. The number of benzene rings is 2. The van der Waals surface area contributed by atoms with E-state index in [4.69, 9.17) is 13.9 Å². The molecular formula is C20H19NO5. The first-order chi connectivity index (χ1) is 12.5. The molecule has 0 spiro atoms. The van der Waals surface area contributed by atoms with E-state index in [1.54, 1.807) is 38.3 Å². The molecular weight excluding hydrogens is 334 g/mol. The predicted octanol–water partition coefficient (Wildman–Crippen LogP) is 2.89. The molecule has 1 atom stereocenters. The van der Waals surface area contributed by atoms with Crippen molar-refractivity contribution < 1.29 is 18.7 Å². The number of hydrogen-bond acceptors (Lipinski definition) is 5. The molecule has 0 aliphatic rings. The lowest BCUT2D eigenvalue weighted by Crippen LogP contribution is -2.35. The Kier molecular flexibility index (Phi) is 5.22. The molecule has 1 heterocycles. The maximum atomic E-state index is 12.2. The predicted molar refractivity (Wildman–Crippen MR) is 97.4 cm³/mol. The minimum atomic E-state index is -0.693. The molecule has 6 heteroatoms. The van der Waals surface area contributed by atoms with E-state index in [0.29, 0.717) is 17.9 Å². The van der Waals surface area contributed by atoms with Crippen molar-refractivity contribution in [2.45, 2.75) is 19.6 Å². The molecule has 6 nitrogen and oxygen atoms in total. The SMILES string of the molecule is COc1ccc(CNC(=O)[C@@H](C)Oc2ccc3ccc(=O)oc3c2)cc1. The van der Waals surface area contributed by atoms with E-state index in [2.05, 4.69) is 5.32 Å². The summed E-state index contributed by atoms with van der Waals surface area (Å²) in [5, 5.41) is 3.61. The summed E-state index contributed by atoms with van der Waals surface area (Å²) in [6, 6.07) is 15.6. The van der Waals surface area contributed by atoms with Gasteiger partial charge in [-0.2, -0.15) is 0 Å². The van der Waals surface area contributed by atoms with Crippen LogP contribution >= 0.6 is 0 Å². The molecule has 0 aliphatic heterocycles. The van der Waals surface area contributed by atoms with Crippen LogP contribution in [-0.4, -0.2) is 19.1 Å². The van der Waals surface area contributed by atoms with E-state index in [-0.39, 0.29) is 5.91 Å². The number of carbonyl (C=O) groups is 1. The molecule has 1 N–H and O–H groups in total. The molecule has 0 aliphatic carbocycles. The van der Waals surface area contributed by atoms with Crippen molar-refractivity contribution in [2.24, 2.45) is 0 Å². The molecule has 0 radical (unpaired) electrons. The number of ether oxygens (including phenoxy) is 2. The zero-order valence-electron chi connectivity index (χ0n) is 14.5. The summed E-state index contributed by atoms with van der Waals surface area (Å²) >= 11 is 0. The molecule has 2 aromatic carbocycles. The second-order valence-corrected chi connectivity index (χ2v) is 5.78. The number of amides is 1. The number of fused-ring (bicyclic) bond motifs is 1. The van der Waals surface area contributed by atoms with Gasteiger partial charge < -0.3 is 19.2 Å². The van der Waals surface area contributed by atoms with Crippen molar-refractivity contribution in [3.05, 3.63) is 70.6 Å². The quantitative estimate of drug-likeness (QED) is 0.690. The highest BCUT2D eigenvalue weighted by atomic mass is 16.5. The Bertz CT molecular complexity index is 962. The second kappa shape index (κ2) is 7.74. The Balaban J connectivity index is 1.60. The van der Waals surface area contributed by atoms with E-state index >= 15 is 0 Å². The third kappa shape index (κ3) is 4.22. The van der Waals surface area contributed by atoms with Crippen molar-refractivity contribution in [2.75, 3.05) is 7.11 Å². The summed E-state index contributed by atoms with van der Waals surface area (Å²) in [7, 11) is 1.60. The molecule has 0 saturated carbocycles. The van der Waals surface area contributed by atoms with Gasteiger partial charge in [0.15, 0.2) is 6.10 Å². The van der Waals surface area contributed by atoms with Crippen molar-refractivity contribution in [3.8, 4) is 11.5 Å². The molecule has 1 aromatic heterocycles. The van der Waals surface area contributed by atoms with Gasteiger partial charge in [0, 0.05) is 24.1 Å². The average Bonchev–Trinajstić information content (AvgIpc) is 2.66. The molecule has 26 heavy (non-hydrogen) atoms. The maximum Gasteiger partial charge on any atom is 0.336 e. The summed E-state index contributed by atoms with van der Waals surface area (Å²) in [6.45, 7) is 2.05. The van der Waals surface area contributed by atoms with Crippen LogP contribution in [0, 0.1) is 0 Å². The number of hydrogen-bond donors (Lipinski definition) is 1. The van der Waals surface area contributed by atoms with Crippen LogP contribution in [0.1, 0.15) is 12.5 Å². The summed E-state index contributed by atoms with van der Waals surface area (Å²) in [5.74, 6) is 0.981. The maximum absolute atomic E-state index is 12.2. The summed E-state index contributed by atoms with van der Waals surface area (Å²) in [5.41, 5.74) is 0.944. The van der Waals surface area contributed by atoms with Crippen LogP contribution in [-0.2, 0) is 11.3 Å². The van der Waals surface area contributed by atoms with Gasteiger partial charge in [0.2, 0.25) is 0 Å². The zero-order chi connectivity index (χ0) is 18.5. The van der Waals surface area contributed by atoms with E-state index in [9.17, 15) is 9.59 Å². The number of carbonyl (C=O) groups excluding carboxylic acids is 1. The van der Waals surface area contributed by atoms with Gasteiger partial charge in [-0.3, -0.25) is 4.79 Å². The molecule has 0 fully saturated rings. The van der Waals surface area contributed by atoms with Gasteiger partial charge in [0.25, 0.3) is 5.91 Å². The van der Waals surface area contributed by atoms with Crippen LogP contribution in [0.25, 0.3) is 11.0 Å². The fraction of sp³-hybridized carbons (Fsp3) is 0.200. The fourth-order valence-electron chi connectivity index (χ4n) is 2.45. The molecule has 134 valence electrons. The largest absolute Gasteiger partial charge is 0.497 e. The van der Waals surface area contributed by atoms with Crippen molar-refractivity contribution in [1.29, 1.82) is 0 Å². The summed E-state index contributed by atoms with van der Waals surface area (Å²) in [4.78, 5) is 23.5. The smallest absolute Gasteiger partial charge is 0.336 e. The zero-order valence-corrected chi connectivity index (χ0v) is 14.5. The highest BCUT2D eigenvalue weighted by molar-refractivity contribution is 5.81. The third-order valence-corrected chi connectivity index (χ3v) is 3.90. The van der Waals surface area contributed by atoms with Gasteiger partial charge in [0.05, 0.1) is 7.11 Å². The molecule has 0 unspecified atom stereocenters. The summed E-state index contributed by atoms with van der Waals surface area (Å²) in [6.07, 6.45) is -0.693. The Morgan fingerprint density at radius 2 is 1.77 bits per heavy atom. The number of rotatable bonds is 6. The number of methoxy groups -OCH3 is 1. The van der Waals surface area contributed by atoms with Crippen LogP contribution in [0.4, 0.5) is 0 Å². The Hall–Kier alpha value is -3.28. The van der Waals surface area contributed by atoms with Crippen molar-refractivity contribution >= 4 is 16.9 Å². The molecule has 3 aromatic rings. The highest BCUT2D eigenvalue weighted by Crippen LogP contribution is 2.20. The van der Waals surface area contributed by atoms with Crippen LogP contribution in [0.3, 0.4) is 0 Å². The lowest BCUT2D eigenvalue weighted by molar-refractivity contribution is -0.127. The lowest BCUT2D eigenvalue weighted by Gasteiger charge is -2.15. The van der Waals surface area contributed by atoms with Gasteiger partial charge in [-0.15, -0.1) is 0 Å². The topological polar surface area (TPSA) is 77.8 Å². The van der Waals surface area contributed by atoms with Crippen LogP contribution < -0.4 is 20.4 Å². The minimum Gasteiger partial charge on any atom is -0.497 e. The van der Waals surface area contributed by atoms with Gasteiger partial charge in [0.1, 0.15) is 17.1 Å². The fourth-order valence-corrected chi connectivity index (χ4v) is 2.45. The molecule has 0 saturated heterocycles. The minimum absolute atomic E-state index is 0.240.